The Bertz CT molecular complexity index is 1430. The lowest BCUT2D eigenvalue weighted by Crippen LogP contribution is -2.64. The fraction of sp³-hybridized carbons (Fsp3) is 0.571. The molecule has 2 aliphatic rings. The molecule has 0 atom stereocenters. The molecule has 1 saturated carbocycles. The van der Waals surface area contributed by atoms with Crippen LogP contribution in [0.5, 0.6) is 5.88 Å². The number of halogens is 2. The molecule has 1 spiro atoms. The van der Waals surface area contributed by atoms with Crippen molar-refractivity contribution in [1.29, 1.82) is 0 Å². The van der Waals surface area contributed by atoms with Crippen LogP contribution in [0, 0.1) is 15.5 Å². The van der Waals surface area contributed by atoms with E-state index in [1.165, 1.54) is 6.07 Å². The zero-order chi connectivity index (χ0) is 30.1. The molecule has 42 heavy (non-hydrogen) atoms. The summed E-state index contributed by atoms with van der Waals surface area (Å²) in [5.74, 6) is 0.725. The summed E-state index contributed by atoms with van der Waals surface area (Å²) in [6.07, 6.45) is 4.78. The quantitative estimate of drug-likeness (QED) is 0.0699. The molecule has 2 fully saturated rings. The van der Waals surface area contributed by atoms with E-state index in [9.17, 15) is 10.1 Å². The van der Waals surface area contributed by atoms with Gasteiger partial charge in [0.15, 0.2) is 0 Å². The van der Waals surface area contributed by atoms with E-state index in [1.807, 2.05) is 4.57 Å². The van der Waals surface area contributed by atoms with Crippen LogP contribution in [-0.2, 0) is 16.2 Å². The molecule has 0 unspecified atom stereocenters. The average Bonchev–Trinajstić information content (AvgIpc) is 3.19. The van der Waals surface area contributed by atoms with E-state index >= 15 is 0 Å². The summed E-state index contributed by atoms with van der Waals surface area (Å²) < 4.78 is 19.0. The van der Waals surface area contributed by atoms with Crippen molar-refractivity contribution in [2.24, 2.45) is 5.41 Å². The summed E-state index contributed by atoms with van der Waals surface area (Å²) in [6.45, 7) is 10.5. The zero-order valence-electron chi connectivity index (χ0n) is 24.5. The molecule has 5 rings (SSSR count). The van der Waals surface area contributed by atoms with E-state index in [0.717, 1.165) is 43.0 Å². The van der Waals surface area contributed by atoms with Gasteiger partial charge in [-0.05, 0) is 37.4 Å². The molecule has 3 aromatic heterocycles. The van der Waals surface area contributed by atoms with Crippen LogP contribution in [0.4, 0.5) is 17.2 Å². The molecule has 3 aromatic rings. The van der Waals surface area contributed by atoms with Crippen molar-refractivity contribution in [3.63, 3.8) is 0 Å². The Labute approximate surface area is 256 Å². The van der Waals surface area contributed by atoms with Gasteiger partial charge in [-0.15, -0.1) is 0 Å². The lowest BCUT2D eigenvalue weighted by molar-refractivity contribution is -0.386. The van der Waals surface area contributed by atoms with Gasteiger partial charge in [0, 0.05) is 64.8 Å². The molecule has 0 radical (unpaired) electrons. The first-order valence-electron chi connectivity index (χ1n) is 14.2. The second-order valence-electron chi connectivity index (χ2n) is 12.5. The Morgan fingerprint density at radius 3 is 2.64 bits per heavy atom. The third-order valence-electron chi connectivity index (χ3n) is 7.90. The van der Waals surface area contributed by atoms with Gasteiger partial charge >= 0.3 is 5.69 Å². The molecule has 1 N–H and O–H groups in total. The van der Waals surface area contributed by atoms with Crippen molar-refractivity contribution < 1.29 is 19.1 Å². The van der Waals surface area contributed by atoms with Gasteiger partial charge in [0.25, 0.3) is 5.88 Å². The molecule has 1 aliphatic carbocycles. The van der Waals surface area contributed by atoms with Crippen LogP contribution in [0.25, 0.3) is 11.0 Å². The summed E-state index contributed by atoms with van der Waals surface area (Å²) in [5, 5.41) is 16.6. The Hall–Kier alpha value is -2.64. The molecule has 14 heteroatoms. The summed E-state index contributed by atoms with van der Waals surface area (Å²) in [7, 11) is 0.557. The smallest absolute Gasteiger partial charge is 0.331 e. The van der Waals surface area contributed by atoms with Crippen molar-refractivity contribution in [2.45, 2.75) is 57.8 Å². The van der Waals surface area contributed by atoms with E-state index < -0.39 is 13.0 Å². The van der Waals surface area contributed by atoms with Crippen LogP contribution in [0.3, 0.4) is 0 Å². The number of pyridine rings is 2. The van der Waals surface area contributed by atoms with Gasteiger partial charge < -0.3 is 29.0 Å². The van der Waals surface area contributed by atoms with Crippen LogP contribution < -0.4 is 15.0 Å². The average molecular weight is 638 g/mol. The molecule has 1 aliphatic heterocycles. The second kappa shape index (κ2) is 12.5. The molecule has 1 saturated heterocycles. The Morgan fingerprint density at radius 1 is 1.19 bits per heavy atom. The molecule has 0 aromatic carbocycles. The zero-order valence-corrected chi connectivity index (χ0v) is 27.0. The van der Waals surface area contributed by atoms with Crippen molar-refractivity contribution in [1.82, 2.24) is 14.5 Å². The van der Waals surface area contributed by atoms with E-state index in [-0.39, 0.29) is 23.6 Å². The molecule has 0 bridgehead atoms. The molecule has 0 amide bonds. The number of anilines is 2. The SMILES string of the molecule is COC1CC2(C1)CN(c1ccc([N+](=O)[O-])c(OCCCNc3cc(Cl)nc4c3c(Cl)cn4COCC[Si](C)(C)C)n1)C2. The predicted octanol–water partition coefficient (Wildman–Crippen LogP) is 6.45. The normalized spacial score (nSPS) is 16.5. The fourth-order valence-electron chi connectivity index (χ4n) is 5.55. The number of ether oxygens (including phenoxy) is 3. The third kappa shape index (κ3) is 6.94. The predicted molar refractivity (Wildman–Crippen MR) is 168 cm³/mol. The summed E-state index contributed by atoms with van der Waals surface area (Å²) in [6, 6.07) is 5.97. The summed E-state index contributed by atoms with van der Waals surface area (Å²) in [4.78, 5) is 22.3. The number of nitrogens with zero attached hydrogens (tertiary/aromatic N) is 5. The number of nitrogens with one attached hydrogen (secondary N) is 1. The van der Waals surface area contributed by atoms with Gasteiger partial charge in [-0.3, -0.25) is 10.1 Å². The summed E-state index contributed by atoms with van der Waals surface area (Å²) >= 11 is 12.9. The van der Waals surface area contributed by atoms with Crippen LogP contribution >= 0.6 is 23.2 Å². The number of nitro groups is 1. The highest BCUT2D eigenvalue weighted by atomic mass is 35.5. The van der Waals surface area contributed by atoms with Crippen molar-refractivity contribution in [3.05, 3.63) is 44.7 Å². The Balaban J connectivity index is 1.16. The first-order valence-corrected chi connectivity index (χ1v) is 18.7. The van der Waals surface area contributed by atoms with Crippen LogP contribution in [0.1, 0.15) is 19.3 Å². The molecule has 228 valence electrons. The highest BCUT2D eigenvalue weighted by molar-refractivity contribution is 6.76. The summed E-state index contributed by atoms with van der Waals surface area (Å²) in [5.41, 5.74) is 1.53. The van der Waals surface area contributed by atoms with Crippen LogP contribution in [-0.4, -0.2) is 73.6 Å². The van der Waals surface area contributed by atoms with Gasteiger partial charge in [0.1, 0.15) is 23.3 Å². The molecular formula is C28H38Cl2N6O5Si. The van der Waals surface area contributed by atoms with E-state index in [0.29, 0.717) is 54.0 Å². The highest BCUT2D eigenvalue weighted by Crippen LogP contribution is 2.50. The number of hydrogen-bond donors (Lipinski definition) is 1. The first kappa shape index (κ1) is 30.8. The second-order valence-corrected chi connectivity index (χ2v) is 18.9. The van der Waals surface area contributed by atoms with Gasteiger partial charge in [-0.1, -0.05) is 42.8 Å². The maximum Gasteiger partial charge on any atom is 0.331 e. The minimum Gasteiger partial charge on any atom is -0.473 e. The largest absolute Gasteiger partial charge is 0.473 e. The fourth-order valence-corrected chi connectivity index (χ4v) is 6.80. The number of hydrogen-bond acceptors (Lipinski definition) is 9. The number of methoxy groups -OCH3 is 1. The number of fused-ring (bicyclic) bond motifs is 1. The minimum absolute atomic E-state index is 0.0328. The van der Waals surface area contributed by atoms with E-state index in [4.69, 9.17) is 37.4 Å². The van der Waals surface area contributed by atoms with Gasteiger partial charge in [-0.2, -0.15) is 4.98 Å². The van der Waals surface area contributed by atoms with Crippen molar-refractivity contribution in [2.75, 3.05) is 50.2 Å². The Morgan fingerprint density at radius 2 is 1.95 bits per heavy atom. The van der Waals surface area contributed by atoms with Gasteiger partial charge in [-0.25, -0.2) is 4.98 Å². The minimum atomic E-state index is -1.19. The van der Waals surface area contributed by atoms with E-state index in [2.05, 4.69) is 39.8 Å². The third-order valence-corrected chi connectivity index (χ3v) is 10.1. The topological polar surface area (TPSA) is 117 Å². The van der Waals surface area contributed by atoms with E-state index in [1.54, 1.807) is 25.4 Å². The standard InChI is InChI=1S/C28H38Cl2N6O5Si/c1-39-19-13-28(14-19)16-35(17-28)24-7-6-22(36(37)38)27(33-24)41-9-5-8-31-21-12-23(30)32-26-25(21)20(29)15-34(26)18-40-10-11-42(2,3)4/h6-7,12,15,19H,5,8-11,13-14,16-18H2,1-4H3,(H,31,32). The monoisotopic (exact) mass is 636 g/mol. The maximum absolute atomic E-state index is 11.6. The molecular weight excluding hydrogens is 599 g/mol. The molecule has 4 heterocycles. The van der Waals surface area contributed by atoms with Crippen molar-refractivity contribution in [3.8, 4) is 5.88 Å². The van der Waals surface area contributed by atoms with Gasteiger partial charge in [0.2, 0.25) is 0 Å². The number of rotatable bonds is 14. The van der Waals surface area contributed by atoms with Gasteiger partial charge in [0.05, 0.1) is 28.0 Å². The molecule has 11 nitrogen and oxygen atoms in total. The first-order chi connectivity index (χ1) is 20.0. The lowest BCUT2D eigenvalue weighted by Gasteiger charge is -2.58. The number of aromatic nitrogens is 3. The van der Waals surface area contributed by atoms with Crippen LogP contribution in [0.2, 0.25) is 35.9 Å². The highest BCUT2D eigenvalue weighted by Gasteiger charge is 2.53. The maximum atomic E-state index is 11.6. The van der Waals surface area contributed by atoms with Crippen molar-refractivity contribution >= 4 is 59.5 Å². The Kier molecular flexibility index (Phi) is 9.19. The lowest BCUT2D eigenvalue weighted by atomic mass is 9.62. The van der Waals surface area contributed by atoms with Crippen LogP contribution in [0.15, 0.2) is 24.4 Å².